The number of pyridine rings is 1. The summed E-state index contributed by atoms with van der Waals surface area (Å²) in [6.45, 7) is 12.4. The number of ether oxygens (including phenoxy) is 1. The number of guanidine groups is 1. The largest absolute Gasteiger partial charge is 0.475 e. The quantitative estimate of drug-likeness (QED) is 0.522. The van der Waals surface area contributed by atoms with Gasteiger partial charge in [-0.1, -0.05) is 20.8 Å². The molecule has 1 fully saturated rings. The van der Waals surface area contributed by atoms with E-state index in [0.29, 0.717) is 30.3 Å². The van der Waals surface area contributed by atoms with Crippen molar-refractivity contribution in [1.29, 1.82) is 0 Å². The number of hydrogen-bond donors (Lipinski definition) is 2. The molecule has 2 atom stereocenters. The van der Waals surface area contributed by atoms with E-state index in [4.69, 9.17) is 10.5 Å². The molecule has 26 heavy (non-hydrogen) atoms. The summed E-state index contributed by atoms with van der Waals surface area (Å²) in [6, 6.07) is 4.47. The van der Waals surface area contributed by atoms with Crippen LogP contribution in [0, 0.1) is 5.92 Å². The van der Waals surface area contributed by atoms with Crippen LogP contribution in [0.2, 0.25) is 0 Å². The number of likely N-dealkylation sites (tertiary alicyclic amines) is 1. The van der Waals surface area contributed by atoms with Crippen molar-refractivity contribution in [1.82, 2.24) is 15.2 Å². The van der Waals surface area contributed by atoms with Crippen molar-refractivity contribution in [2.24, 2.45) is 16.6 Å². The Labute approximate surface area is 158 Å². The van der Waals surface area contributed by atoms with E-state index in [1.807, 2.05) is 12.1 Å². The maximum Gasteiger partial charge on any atom is 0.213 e. The Kier molecular flexibility index (Phi) is 8.16. The van der Waals surface area contributed by atoms with Crippen molar-refractivity contribution in [2.45, 2.75) is 65.6 Å². The van der Waals surface area contributed by atoms with E-state index < -0.39 is 0 Å². The number of nitrogens with one attached hydrogen (secondary N) is 1. The van der Waals surface area contributed by atoms with E-state index in [1.165, 1.54) is 19.4 Å². The first-order valence-corrected chi connectivity index (χ1v) is 9.87. The highest BCUT2D eigenvalue weighted by Crippen LogP contribution is 2.16. The van der Waals surface area contributed by atoms with Gasteiger partial charge in [-0.15, -0.1) is 0 Å². The van der Waals surface area contributed by atoms with E-state index >= 15 is 0 Å². The summed E-state index contributed by atoms with van der Waals surface area (Å²) < 4.78 is 5.90. The molecule has 0 bridgehead atoms. The Bertz CT molecular complexity index is 575. The minimum atomic E-state index is 0.154. The first-order chi connectivity index (χ1) is 12.5. The summed E-state index contributed by atoms with van der Waals surface area (Å²) in [5.41, 5.74) is 7.08. The predicted octanol–water partition coefficient (Wildman–Crippen LogP) is 2.78. The fraction of sp³-hybridized carbons (Fsp3) is 0.700. The number of rotatable bonds is 9. The molecule has 0 amide bonds. The lowest BCUT2D eigenvalue weighted by molar-refractivity contribution is 0.185. The molecule has 0 saturated carbocycles. The van der Waals surface area contributed by atoms with E-state index in [-0.39, 0.29) is 6.10 Å². The second kappa shape index (κ2) is 10.4. The molecule has 1 aromatic rings. The van der Waals surface area contributed by atoms with Crippen LogP contribution < -0.4 is 15.8 Å². The van der Waals surface area contributed by atoms with Crippen LogP contribution in [-0.4, -0.2) is 47.6 Å². The summed E-state index contributed by atoms with van der Waals surface area (Å²) >= 11 is 0. The van der Waals surface area contributed by atoms with Gasteiger partial charge in [0.2, 0.25) is 5.88 Å². The second-order valence-corrected chi connectivity index (χ2v) is 7.57. The van der Waals surface area contributed by atoms with Gasteiger partial charge in [0, 0.05) is 24.8 Å². The lowest BCUT2D eigenvalue weighted by atomic mass is 10.1. The third-order valence-corrected chi connectivity index (χ3v) is 4.78. The smallest absolute Gasteiger partial charge is 0.213 e. The first-order valence-electron chi connectivity index (χ1n) is 9.87. The van der Waals surface area contributed by atoms with Crippen LogP contribution in [0.3, 0.4) is 0 Å². The number of aromatic nitrogens is 1. The van der Waals surface area contributed by atoms with Gasteiger partial charge >= 0.3 is 0 Å². The van der Waals surface area contributed by atoms with Crippen LogP contribution in [-0.2, 0) is 6.54 Å². The third kappa shape index (κ3) is 6.83. The Morgan fingerprint density at radius 3 is 3.00 bits per heavy atom. The highest BCUT2D eigenvalue weighted by atomic mass is 16.5. The van der Waals surface area contributed by atoms with Crippen molar-refractivity contribution >= 4 is 5.96 Å². The Hall–Kier alpha value is -1.82. The molecule has 0 aliphatic carbocycles. The maximum atomic E-state index is 6.03. The van der Waals surface area contributed by atoms with Gasteiger partial charge in [-0.2, -0.15) is 0 Å². The van der Waals surface area contributed by atoms with Gasteiger partial charge in [-0.25, -0.2) is 9.98 Å². The van der Waals surface area contributed by atoms with Crippen LogP contribution in [0.4, 0.5) is 0 Å². The summed E-state index contributed by atoms with van der Waals surface area (Å²) in [5, 5.41) is 3.27. The van der Waals surface area contributed by atoms with Gasteiger partial charge in [-0.05, 0) is 56.8 Å². The normalized spacial score (nSPS) is 19.7. The monoisotopic (exact) mass is 361 g/mol. The maximum absolute atomic E-state index is 6.03. The lowest BCUT2D eigenvalue weighted by Crippen LogP contribution is -2.42. The zero-order valence-corrected chi connectivity index (χ0v) is 16.7. The SMILES string of the molecule is CCN1CCCC1CNC(N)=NCc1ccnc(OC(C)CC(C)C)c1. The summed E-state index contributed by atoms with van der Waals surface area (Å²) in [4.78, 5) is 11.2. The van der Waals surface area contributed by atoms with E-state index in [1.54, 1.807) is 6.20 Å². The second-order valence-electron chi connectivity index (χ2n) is 7.57. The average Bonchev–Trinajstić information content (AvgIpc) is 3.05. The average molecular weight is 362 g/mol. The van der Waals surface area contributed by atoms with Gasteiger partial charge in [0.05, 0.1) is 12.6 Å². The molecule has 2 unspecified atom stereocenters. The first kappa shape index (κ1) is 20.5. The molecule has 3 N–H and O–H groups in total. The van der Waals surface area contributed by atoms with Gasteiger partial charge in [0.15, 0.2) is 5.96 Å². The highest BCUT2D eigenvalue weighted by Gasteiger charge is 2.22. The molecule has 2 heterocycles. The van der Waals surface area contributed by atoms with E-state index in [9.17, 15) is 0 Å². The van der Waals surface area contributed by atoms with Gasteiger partial charge in [0.25, 0.3) is 0 Å². The summed E-state index contributed by atoms with van der Waals surface area (Å²) in [7, 11) is 0. The number of nitrogens with two attached hydrogens (primary N) is 1. The molecule has 1 saturated heterocycles. The van der Waals surface area contributed by atoms with Crippen molar-refractivity contribution in [2.75, 3.05) is 19.6 Å². The van der Waals surface area contributed by atoms with Crippen molar-refractivity contribution in [3.05, 3.63) is 23.9 Å². The molecule has 1 aliphatic heterocycles. The third-order valence-electron chi connectivity index (χ3n) is 4.78. The highest BCUT2D eigenvalue weighted by molar-refractivity contribution is 5.77. The summed E-state index contributed by atoms with van der Waals surface area (Å²) in [6.07, 6.45) is 5.43. The predicted molar refractivity (Wildman–Crippen MR) is 107 cm³/mol. The Balaban J connectivity index is 1.82. The number of aliphatic imine (C=N–C) groups is 1. The van der Waals surface area contributed by atoms with Crippen LogP contribution in [0.1, 0.15) is 52.5 Å². The molecule has 2 rings (SSSR count). The molecule has 146 valence electrons. The number of hydrogen-bond acceptors (Lipinski definition) is 4. The van der Waals surface area contributed by atoms with Crippen molar-refractivity contribution in [3.8, 4) is 5.88 Å². The zero-order chi connectivity index (χ0) is 18.9. The molecule has 0 radical (unpaired) electrons. The topological polar surface area (TPSA) is 75.8 Å². The van der Waals surface area contributed by atoms with Crippen LogP contribution in [0.25, 0.3) is 0 Å². The van der Waals surface area contributed by atoms with Crippen molar-refractivity contribution < 1.29 is 4.74 Å². The molecule has 6 heteroatoms. The number of likely N-dealkylation sites (N-methyl/N-ethyl adjacent to an activating group) is 1. The molecular weight excluding hydrogens is 326 g/mol. The summed E-state index contributed by atoms with van der Waals surface area (Å²) in [5.74, 6) is 1.76. The standard InChI is InChI=1S/C20H35N5O/c1-5-25-10-6-7-18(25)14-24-20(21)23-13-17-8-9-22-19(12-17)26-16(4)11-15(2)3/h8-9,12,15-16,18H,5-7,10-11,13-14H2,1-4H3,(H3,21,23,24). The van der Waals surface area contributed by atoms with Gasteiger partial charge < -0.3 is 15.8 Å². The van der Waals surface area contributed by atoms with E-state index in [2.05, 4.69) is 47.9 Å². The lowest BCUT2D eigenvalue weighted by Gasteiger charge is -2.23. The van der Waals surface area contributed by atoms with Crippen LogP contribution in [0.15, 0.2) is 23.3 Å². The fourth-order valence-corrected chi connectivity index (χ4v) is 3.53. The van der Waals surface area contributed by atoms with Gasteiger partial charge in [0.1, 0.15) is 0 Å². The molecular formula is C20H35N5O. The Morgan fingerprint density at radius 2 is 2.27 bits per heavy atom. The van der Waals surface area contributed by atoms with E-state index in [0.717, 1.165) is 25.1 Å². The molecule has 0 aromatic carbocycles. The molecule has 0 spiro atoms. The van der Waals surface area contributed by atoms with Crippen LogP contribution >= 0.6 is 0 Å². The number of nitrogens with zero attached hydrogens (tertiary/aromatic N) is 3. The van der Waals surface area contributed by atoms with Gasteiger partial charge in [-0.3, -0.25) is 4.90 Å². The van der Waals surface area contributed by atoms with Crippen molar-refractivity contribution in [3.63, 3.8) is 0 Å². The molecule has 1 aliphatic rings. The molecule has 6 nitrogen and oxygen atoms in total. The minimum absolute atomic E-state index is 0.154. The fourth-order valence-electron chi connectivity index (χ4n) is 3.53. The van der Waals surface area contributed by atoms with Crippen LogP contribution in [0.5, 0.6) is 5.88 Å². The minimum Gasteiger partial charge on any atom is -0.475 e. The molecule has 1 aromatic heterocycles. The Morgan fingerprint density at radius 1 is 1.46 bits per heavy atom. The zero-order valence-electron chi connectivity index (χ0n) is 16.7.